The van der Waals surface area contributed by atoms with Crippen LogP contribution in [0.5, 0.6) is 5.75 Å². The van der Waals surface area contributed by atoms with E-state index in [1.807, 2.05) is 32.0 Å². The van der Waals surface area contributed by atoms with Crippen LogP contribution in [-0.2, 0) is 15.1 Å². The molecule has 1 atom stereocenters. The van der Waals surface area contributed by atoms with Gasteiger partial charge in [-0.05, 0) is 61.7 Å². The zero-order chi connectivity index (χ0) is 20.5. The van der Waals surface area contributed by atoms with E-state index in [-0.39, 0.29) is 6.54 Å². The van der Waals surface area contributed by atoms with Crippen LogP contribution in [0.25, 0.3) is 0 Å². The molecule has 28 heavy (non-hydrogen) atoms. The van der Waals surface area contributed by atoms with E-state index in [9.17, 15) is 14.4 Å². The molecule has 0 radical (unpaired) electrons. The minimum Gasteiger partial charge on any atom is -0.497 e. The molecule has 3 rings (SSSR count). The molecule has 1 unspecified atom stereocenters. The van der Waals surface area contributed by atoms with Crippen molar-refractivity contribution in [3.8, 4) is 5.75 Å². The Balaban J connectivity index is 1.74. The fraction of sp³-hybridized carbons (Fsp3) is 0.286. The van der Waals surface area contributed by atoms with Crippen LogP contribution in [0.1, 0.15) is 23.6 Å². The molecule has 0 spiro atoms. The van der Waals surface area contributed by atoms with Gasteiger partial charge in [0.15, 0.2) is 0 Å². The van der Waals surface area contributed by atoms with Gasteiger partial charge in [-0.25, -0.2) is 4.79 Å². The Morgan fingerprint density at radius 3 is 2.29 bits per heavy atom. The van der Waals surface area contributed by atoms with Gasteiger partial charge >= 0.3 is 6.03 Å². The smallest absolute Gasteiger partial charge is 0.325 e. The van der Waals surface area contributed by atoms with Crippen LogP contribution in [0.15, 0.2) is 42.5 Å². The number of ether oxygens (including phenoxy) is 1. The third kappa shape index (κ3) is 3.69. The summed E-state index contributed by atoms with van der Waals surface area (Å²) in [5.74, 6) is -0.264. The van der Waals surface area contributed by atoms with E-state index >= 15 is 0 Å². The lowest BCUT2D eigenvalue weighted by molar-refractivity contribution is -0.133. The summed E-state index contributed by atoms with van der Waals surface area (Å²) in [5.41, 5.74) is 2.04. The third-order valence-electron chi connectivity index (χ3n) is 4.75. The van der Waals surface area contributed by atoms with Crippen LogP contribution in [0, 0.1) is 13.8 Å². The quantitative estimate of drug-likeness (QED) is 0.780. The summed E-state index contributed by atoms with van der Waals surface area (Å²) in [7, 11) is 1.55. The van der Waals surface area contributed by atoms with E-state index in [2.05, 4.69) is 10.6 Å². The van der Waals surface area contributed by atoms with Gasteiger partial charge in [-0.15, -0.1) is 0 Å². The highest BCUT2D eigenvalue weighted by Crippen LogP contribution is 2.30. The van der Waals surface area contributed by atoms with Gasteiger partial charge in [0.05, 0.1) is 7.11 Å². The first kappa shape index (κ1) is 19.4. The van der Waals surface area contributed by atoms with E-state index in [4.69, 9.17) is 4.74 Å². The molecule has 2 aromatic rings. The summed E-state index contributed by atoms with van der Waals surface area (Å²) in [6, 6.07) is 11.9. The van der Waals surface area contributed by atoms with Gasteiger partial charge in [0.2, 0.25) is 5.91 Å². The highest BCUT2D eigenvalue weighted by atomic mass is 16.5. The summed E-state index contributed by atoms with van der Waals surface area (Å²) in [6.07, 6.45) is 0. The number of imide groups is 1. The van der Waals surface area contributed by atoms with Crippen LogP contribution in [0.2, 0.25) is 0 Å². The molecule has 0 aromatic heterocycles. The SMILES string of the molecule is COc1ccc(C2(C)NC(=O)N(CC(=O)Nc3cc(C)cc(C)c3)C2=O)cc1. The molecule has 1 heterocycles. The lowest BCUT2D eigenvalue weighted by Gasteiger charge is -2.22. The normalized spacial score (nSPS) is 18.8. The molecular formula is C21H23N3O4. The van der Waals surface area contributed by atoms with Gasteiger partial charge in [-0.2, -0.15) is 0 Å². The van der Waals surface area contributed by atoms with Crippen molar-refractivity contribution in [1.82, 2.24) is 10.2 Å². The zero-order valence-electron chi connectivity index (χ0n) is 16.3. The molecule has 146 valence electrons. The lowest BCUT2D eigenvalue weighted by Crippen LogP contribution is -2.42. The maximum atomic E-state index is 12.9. The average Bonchev–Trinajstić information content (AvgIpc) is 2.85. The van der Waals surface area contributed by atoms with Crippen molar-refractivity contribution in [1.29, 1.82) is 0 Å². The number of carbonyl (C=O) groups excluding carboxylic acids is 3. The van der Waals surface area contributed by atoms with Crippen molar-refractivity contribution in [2.24, 2.45) is 0 Å². The van der Waals surface area contributed by atoms with Gasteiger partial charge in [0, 0.05) is 5.69 Å². The van der Waals surface area contributed by atoms with Gasteiger partial charge in [-0.3, -0.25) is 14.5 Å². The summed E-state index contributed by atoms with van der Waals surface area (Å²) < 4.78 is 5.12. The fourth-order valence-corrected chi connectivity index (χ4v) is 3.35. The number of amides is 4. The van der Waals surface area contributed by atoms with Crippen LogP contribution in [0.3, 0.4) is 0 Å². The molecule has 4 amide bonds. The molecule has 1 aliphatic rings. The Morgan fingerprint density at radius 2 is 1.71 bits per heavy atom. The Kier molecular flexibility index (Phi) is 5.09. The second-order valence-electron chi connectivity index (χ2n) is 7.10. The number of nitrogens with one attached hydrogen (secondary N) is 2. The molecule has 0 aliphatic carbocycles. The second kappa shape index (κ2) is 7.34. The minimum atomic E-state index is -1.23. The van der Waals surface area contributed by atoms with Gasteiger partial charge in [0.1, 0.15) is 17.8 Å². The molecule has 2 aromatic carbocycles. The number of anilines is 1. The first-order chi connectivity index (χ1) is 13.2. The van der Waals surface area contributed by atoms with Gasteiger partial charge < -0.3 is 15.4 Å². The molecule has 7 heteroatoms. The maximum absolute atomic E-state index is 12.9. The third-order valence-corrected chi connectivity index (χ3v) is 4.75. The number of urea groups is 1. The van der Waals surface area contributed by atoms with Crippen molar-refractivity contribution in [3.63, 3.8) is 0 Å². The molecule has 1 saturated heterocycles. The van der Waals surface area contributed by atoms with Crippen LogP contribution >= 0.6 is 0 Å². The highest BCUT2D eigenvalue weighted by Gasteiger charge is 2.49. The van der Waals surface area contributed by atoms with E-state index in [0.29, 0.717) is 17.0 Å². The molecule has 1 aliphatic heterocycles. The molecule has 2 N–H and O–H groups in total. The fourth-order valence-electron chi connectivity index (χ4n) is 3.35. The van der Waals surface area contributed by atoms with E-state index in [1.54, 1.807) is 38.3 Å². The molecule has 0 saturated carbocycles. The number of hydrogen-bond acceptors (Lipinski definition) is 4. The van der Waals surface area contributed by atoms with Crippen molar-refractivity contribution in [3.05, 3.63) is 59.2 Å². The highest BCUT2D eigenvalue weighted by molar-refractivity contribution is 6.10. The Morgan fingerprint density at radius 1 is 1.11 bits per heavy atom. The monoisotopic (exact) mass is 381 g/mol. The second-order valence-corrected chi connectivity index (χ2v) is 7.10. The Labute approximate surface area is 163 Å². The number of hydrogen-bond donors (Lipinski definition) is 2. The van der Waals surface area contributed by atoms with Gasteiger partial charge in [-0.1, -0.05) is 18.2 Å². The van der Waals surface area contributed by atoms with E-state index in [0.717, 1.165) is 16.0 Å². The van der Waals surface area contributed by atoms with E-state index in [1.165, 1.54) is 0 Å². The predicted molar refractivity (Wildman–Crippen MR) is 105 cm³/mol. The van der Waals surface area contributed by atoms with Gasteiger partial charge in [0.25, 0.3) is 5.91 Å². The number of methoxy groups -OCH3 is 1. The number of carbonyl (C=O) groups is 3. The summed E-state index contributed by atoms with van der Waals surface area (Å²) >= 11 is 0. The standard InChI is InChI=1S/C21H23N3O4/c1-13-9-14(2)11-16(10-13)22-18(25)12-24-19(26)21(3,23-20(24)27)15-5-7-17(28-4)8-6-15/h5-11H,12H2,1-4H3,(H,22,25)(H,23,27). The summed E-state index contributed by atoms with van der Waals surface area (Å²) in [6.45, 7) is 5.13. The number of benzene rings is 2. The molecule has 0 bridgehead atoms. The lowest BCUT2D eigenvalue weighted by atomic mass is 9.92. The van der Waals surface area contributed by atoms with Crippen LogP contribution in [-0.4, -0.2) is 36.4 Å². The van der Waals surface area contributed by atoms with Crippen molar-refractivity contribution in [2.75, 3.05) is 19.0 Å². The largest absolute Gasteiger partial charge is 0.497 e. The number of rotatable bonds is 5. The molecule has 7 nitrogen and oxygen atoms in total. The zero-order valence-corrected chi connectivity index (χ0v) is 16.3. The average molecular weight is 381 g/mol. The van der Waals surface area contributed by atoms with Crippen molar-refractivity contribution >= 4 is 23.5 Å². The summed E-state index contributed by atoms with van der Waals surface area (Å²) in [5, 5.41) is 5.43. The predicted octanol–water partition coefficient (Wildman–Crippen LogP) is 2.72. The number of aryl methyl sites for hydroxylation is 2. The Hall–Kier alpha value is -3.35. The van der Waals surface area contributed by atoms with Crippen molar-refractivity contribution < 1.29 is 19.1 Å². The minimum absolute atomic E-state index is 0.358. The van der Waals surface area contributed by atoms with Crippen LogP contribution < -0.4 is 15.4 Å². The number of nitrogens with zero attached hydrogens (tertiary/aromatic N) is 1. The molecule has 1 fully saturated rings. The first-order valence-corrected chi connectivity index (χ1v) is 8.90. The van der Waals surface area contributed by atoms with E-state index < -0.39 is 23.4 Å². The van der Waals surface area contributed by atoms with Crippen molar-refractivity contribution in [2.45, 2.75) is 26.3 Å². The first-order valence-electron chi connectivity index (χ1n) is 8.90. The molecular weight excluding hydrogens is 358 g/mol. The topological polar surface area (TPSA) is 87.7 Å². The Bertz CT molecular complexity index is 919. The maximum Gasteiger partial charge on any atom is 0.325 e. The van der Waals surface area contributed by atoms with Crippen LogP contribution in [0.4, 0.5) is 10.5 Å². The summed E-state index contributed by atoms with van der Waals surface area (Å²) in [4.78, 5) is 38.6.